The van der Waals surface area contributed by atoms with Crippen molar-refractivity contribution >= 4 is 5.69 Å². The Morgan fingerprint density at radius 1 is 0.808 bits per heavy atom. The lowest BCUT2D eigenvalue weighted by Crippen LogP contribution is -1.85. The van der Waals surface area contributed by atoms with Gasteiger partial charge in [-0.3, -0.25) is 0 Å². The molecule has 2 aromatic carbocycles. The summed E-state index contributed by atoms with van der Waals surface area (Å²) in [6.07, 6.45) is 0. The molecule has 26 heavy (non-hydrogen) atoms. The molecule has 2 heteroatoms. The average molecular weight is 351 g/mol. The SMILES string of the molecule is CC.CC.CC(C)c1ccc(C#N)cc1.[C-]#[N+]c1cccc(C(C)C)c1. The van der Waals surface area contributed by atoms with Crippen molar-refractivity contribution < 1.29 is 0 Å². The third-order valence-electron chi connectivity index (χ3n) is 3.37. The maximum atomic E-state index is 8.52. The maximum Gasteiger partial charge on any atom is 0.187 e. The van der Waals surface area contributed by atoms with Gasteiger partial charge in [-0.25, -0.2) is 4.85 Å². The van der Waals surface area contributed by atoms with Crippen molar-refractivity contribution in [3.63, 3.8) is 0 Å². The Morgan fingerprint density at radius 3 is 1.69 bits per heavy atom. The first-order valence-corrected chi connectivity index (χ1v) is 9.45. The van der Waals surface area contributed by atoms with Gasteiger partial charge in [0.15, 0.2) is 5.69 Å². The van der Waals surface area contributed by atoms with Crippen LogP contribution in [0.4, 0.5) is 5.69 Å². The lowest BCUT2D eigenvalue weighted by molar-refractivity contribution is 0.866. The molecule has 0 aliphatic carbocycles. The van der Waals surface area contributed by atoms with E-state index in [0.717, 1.165) is 11.3 Å². The topological polar surface area (TPSA) is 28.1 Å². The Bertz CT molecular complexity index is 669. The van der Waals surface area contributed by atoms with Crippen LogP contribution in [-0.4, -0.2) is 0 Å². The molecule has 0 heterocycles. The highest BCUT2D eigenvalue weighted by atomic mass is 14.6. The summed E-state index contributed by atoms with van der Waals surface area (Å²) in [6.45, 7) is 23.3. The second-order valence-electron chi connectivity index (χ2n) is 5.75. The molecular weight excluding hydrogens is 316 g/mol. The number of hydrogen-bond acceptors (Lipinski definition) is 1. The van der Waals surface area contributed by atoms with Gasteiger partial charge >= 0.3 is 0 Å². The van der Waals surface area contributed by atoms with Crippen LogP contribution in [0.5, 0.6) is 0 Å². The fourth-order valence-corrected chi connectivity index (χ4v) is 1.90. The summed E-state index contributed by atoms with van der Waals surface area (Å²) in [7, 11) is 0. The van der Waals surface area contributed by atoms with Crippen molar-refractivity contribution in [1.82, 2.24) is 0 Å². The molecule has 0 radical (unpaired) electrons. The molecule has 0 saturated heterocycles. The van der Waals surface area contributed by atoms with E-state index < -0.39 is 0 Å². The van der Waals surface area contributed by atoms with Gasteiger partial charge in [-0.2, -0.15) is 5.26 Å². The highest BCUT2D eigenvalue weighted by Crippen LogP contribution is 2.20. The second kappa shape index (κ2) is 15.9. The first-order chi connectivity index (χ1) is 12.5. The van der Waals surface area contributed by atoms with Gasteiger partial charge in [-0.15, -0.1) is 0 Å². The molecule has 0 saturated carbocycles. The van der Waals surface area contributed by atoms with Gasteiger partial charge in [0.2, 0.25) is 0 Å². The summed E-state index contributed by atoms with van der Waals surface area (Å²) >= 11 is 0. The highest BCUT2D eigenvalue weighted by Gasteiger charge is 1.98. The van der Waals surface area contributed by atoms with Crippen molar-refractivity contribution in [2.24, 2.45) is 0 Å². The van der Waals surface area contributed by atoms with Crippen molar-refractivity contribution in [2.45, 2.75) is 67.2 Å². The Hall–Kier alpha value is -2.58. The van der Waals surface area contributed by atoms with Gasteiger partial charge in [0, 0.05) is 0 Å². The molecule has 0 spiro atoms. The minimum absolute atomic E-state index is 0.511. The summed E-state index contributed by atoms with van der Waals surface area (Å²) in [5.74, 6) is 1.06. The first-order valence-electron chi connectivity index (χ1n) is 9.45. The fourth-order valence-electron chi connectivity index (χ4n) is 1.90. The van der Waals surface area contributed by atoms with Crippen LogP contribution < -0.4 is 0 Å². The lowest BCUT2D eigenvalue weighted by atomic mass is 10.0. The van der Waals surface area contributed by atoms with Crippen molar-refractivity contribution in [2.75, 3.05) is 0 Å². The van der Waals surface area contributed by atoms with Crippen LogP contribution in [0, 0.1) is 17.9 Å². The molecule has 0 aliphatic rings. The van der Waals surface area contributed by atoms with Gasteiger partial charge in [0.1, 0.15) is 0 Å². The van der Waals surface area contributed by atoms with Gasteiger partial charge in [-0.1, -0.05) is 97.4 Å². The van der Waals surface area contributed by atoms with Crippen molar-refractivity contribution in [1.29, 1.82) is 5.26 Å². The van der Waals surface area contributed by atoms with E-state index in [4.69, 9.17) is 11.8 Å². The Labute approximate surface area is 161 Å². The van der Waals surface area contributed by atoms with E-state index in [0.29, 0.717) is 11.8 Å². The third-order valence-corrected chi connectivity index (χ3v) is 3.37. The molecule has 140 valence electrons. The molecule has 0 fully saturated rings. The molecule has 0 aromatic heterocycles. The zero-order valence-corrected chi connectivity index (χ0v) is 17.7. The predicted octanol–water partition coefficient (Wildman–Crippen LogP) is 8.09. The smallest absolute Gasteiger partial charge is 0.187 e. The van der Waals surface area contributed by atoms with Gasteiger partial charge in [0.25, 0.3) is 0 Å². The van der Waals surface area contributed by atoms with Gasteiger partial charge in [0.05, 0.1) is 18.2 Å². The van der Waals surface area contributed by atoms with Crippen LogP contribution >= 0.6 is 0 Å². The van der Waals surface area contributed by atoms with Crippen LogP contribution in [0.2, 0.25) is 0 Å². The van der Waals surface area contributed by atoms with Crippen LogP contribution in [0.25, 0.3) is 4.85 Å². The lowest BCUT2D eigenvalue weighted by Gasteiger charge is -2.03. The Morgan fingerprint density at radius 2 is 1.31 bits per heavy atom. The number of benzene rings is 2. The second-order valence-corrected chi connectivity index (χ2v) is 5.75. The summed E-state index contributed by atoms with van der Waals surface area (Å²) < 4.78 is 0. The van der Waals surface area contributed by atoms with Crippen LogP contribution in [0.3, 0.4) is 0 Å². The molecule has 2 nitrogen and oxygen atoms in total. The average Bonchev–Trinajstić information content (AvgIpc) is 2.71. The van der Waals surface area contributed by atoms with E-state index in [1.165, 1.54) is 11.1 Å². The molecule has 2 rings (SSSR count). The van der Waals surface area contributed by atoms with Gasteiger partial charge in [-0.05, 0) is 29.5 Å². The number of nitrogens with zero attached hydrogens (tertiary/aromatic N) is 2. The normalized spacial score (nSPS) is 8.62. The summed E-state index contributed by atoms with van der Waals surface area (Å²) in [4.78, 5) is 3.36. The Balaban J connectivity index is 0. The molecule has 0 atom stereocenters. The summed E-state index contributed by atoms with van der Waals surface area (Å²) in [5.41, 5.74) is 3.98. The number of nitriles is 1. The Kier molecular flexibility index (Phi) is 15.7. The monoisotopic (exact) mass is 350 g/mol. The fraction of sp³-hybridized carbons (Fsp3) is 0.417. The van der Waals surface area contributed by atoms with Crippen molar-refractivity contribution in [3.05, 3.63) is 76.6 Å². The minimum Gasteiger partial charge on any atom is -0.238 e. The maximum absolute atomic E-state index is 8.52. The largest absolute Gasteiger partial charge is 0.238 e. The van der Waals surface area contributed by atoms with Crippen LogP contribution in [0.15, 0.2) is 48.5 Å². The molecule has 0 aliphatic heterocycles. The van der Waals surface area contributed by atoms with Crippen molar-refractivity contribution in [3.8, 4) is 6.07 Å². The molecule has 0 bridgehead atoms. The molecule has 0 amide bonds. The van der Waals surface area contributed by atoms with E-state index in [1.807, 2.05) is 70.2 Å². The van der Waals surface area contributed by atoms with E-state index >= 15 is 0 Å². The molecule has 0 N–H and O–H groups in total. The third kappa shape index (κ3) is 10.3. The van der Waals surface area contributed by atoms with Crippen LogP contribution in [-0.2, 0) is 0 Å². The van der Waals surface area contributed by atoms with E-state index in [-0.39, 0.29) is 0 Å². The highest BCUT2D eigenvalue weighted by molar-refractivity contribution is 5.47. The van der Waals surface area contributed by atoms with E-state index in [1.54, 1.807) is 0 Å². The molecule has 2 aromatic rings. The number of rotatable bonds is 2. The summed E-state index contributed by atoms with van der Waals surface area (Å²) in [6, 6.07) is 17.6. The number of hydrogen-bond donors (Lipinski definition) is 0. The van der Waals surface area contributed by atoms with E-state index in [2.05, 4.69) is 44.7 Å². The van der Waals surface area contributed by atoms with Crippen LogP contribution in [0.1, 0.15) is 83.9 Å². The quantitative estimate of drug-likeness (QED) is 0.503. The van der Waals surface area contributed by atoms with Gasteiger partial charge < -0.3 is 0 Å². The zero-order chi connectivity index (χ0) is 20.5. The molecule has 0 unspecified atom stereocenters. The summed E-state index contributed by atoms with van der Waals surface area (Å²) in [5, 5.41) is 8.52. The standard InChI is InChI=1S/2C10H11N.2C2H6/c1-8(2)9-5-4-6-10(7-9)11-3;1-8(2)10-5-3-9(7-11)4-6-10;2*1-2/h4-8H,1-2H3;3-6,8H,1-2H3;2*1-2H3. The predicted molar refractivity (Wildman–Crippen MR) is 115 cm³/mol. The molecular formula is C24H34N2. The first kappa shape index (κ1) is 25.7. The minimum atomic E-state index is 0.511. The zero-order valence-electron chi connectivity index (χ0n) is 17.7. The van der Waals surface area contributed by atoms with E-state index in [9.17, 15) is 0 Å².